The fraction of sp³-hybridized carbons (Fsp3) is 0.421. The van der Waals surface area contributed by atoms with E-state index in [0.717, 1.165) is 0 Å². The van der Waals surface area contributed by atoms with Gasteiger partial charge in [-0.25, -0.2) is 18.3 Å². The van der Waals surface area contributed by atoms with Gasteiger partial charge in [-0.3, -0.25) is 0 Å². The quantitative estimate of drug-likeness (QED) is 0.822. The van der Waals surface area contributed by atoms with Gasteiger partial charge in [0, 0.05) is 18.8 Å². The van der Waals surface area contributed by atoms with Gasteiger partial charge < -0.3 is 10.5 Å². The zero-order valence-electron chi connectivity index (χ0n) is 14.9. The van der Waals surface area contributed by atoms with Gasteiger partial charge in [-0.15, -0.1) is 0 Å². The van der Waals surface area contributed by atoms with Gasteiger partial charge in [0.15, 0.2) is 5.69 Å². The number of benzene rings is 1. The second kappa shape index (κ2) is 7.35. The number of nitrogen functional groups attached to an aromatic ring is 1. The van der Waals surface area contributed by atoms with Crippen LogP contribution in [0.3, 0.4) is 0 Å². The molecule has 0 atom stereocenters. The molecule has 1 aromatic carbocycles. The smallest absolute Gasteiger partial charge is 0.359 e. The van der Waals surface area contributed by atoms with Crippen molar-refractivity contribution in [2.75, 3.05) is 12.3 Å². The molecule has 1 fully saturated rings. The highest BCUT2D eigenvalue weighted by Gasteiger charge is 2.38. The number of halogens is 2. The largest absolute Gasteiger partial charge is 0.461 e. The second-order valence-corrected chi connectivity index (χ2v) is 6.57. The van der Waals surface area contributed by atoms with Gasteiger partial charge in [-0.05, 0) is 44.0 Å². The number of hydrogen-bond acceptors (Lipinski definition) is 5. The molecule has 142 valence electrons. The van der Waals surface area contributed by atoms with Crippen molar-refractivity contribution in [1.29, 1.82) is 5.26 Å². The average molecular weight is 374 g/mol. The van der Waals surface area contributed by atoms with Crippen LogP contribution < -0.4 is 5.73 Å². The highest BCUT2D eigenvalue weighted by molar-refractivity contribution is 5.94. The van der Waals surface area contributed by atoms with E-state index in [2.05, 4.69) is 5.10 Å². The number of ether oxygens (including phenoxy) is 1. The van der Waals surface area contributed by atoms with Crippen molar-refractivity contribution >= 4 is 11.7 Å². The van der Waals surface area contributed by atoms with Gasteiger partial charge in [-0.1, -0.05) is 0 Å². The van der Waals surface area contributed by atoms with E-state index in [9.17, 15) is 13.6 Å². The van der Waals surface area contributed by atoms with Crippen LogP contribution in [0.1, 0.15) is 60.3 Å². The molecule has 1 aliphatic carbocycles. The molecular weight excluding hydrogens is 354 g/mol. The predicted octanol–water partition coefficient (Wildman–Crippen LogP) is 3.80. The monoisotopic (exact) mass is 374 g/mol. The van der Waals surface area contributed by atoms with E-state index in [-0.39, 0.29) is 49.6 Å². The fourth-order valence-corrected chi connectivity index (χ4v) is 3.32. The van der Waals surface area contributed by atoms with Crippen molar-refractivity contribution in [3.05, 3.63) is 41.2 Å². The Morgan fingerprint density at radius 3 is 2.56 bits per heavy atom. The highest BCUT2D eigenvalue weighted by Crippen LogP contribution is 2.42. The van der Waals surface area contributed by atoms with Crippen LogP contribution in [0.5, 0.6) is 0 Å². The lowest BCUT2D eigenvalue weighted by molar-refractivity contribution is -0.0384. The van der Waals surface area contributed by atoms with Crippen LogP contribution in [-0.4, -0.2) is 28.3 Å². The number of rotatable bonds is 4. The van der Waals surface area contributed by atoms with Crippen LogP contribution in [0, 0.1) is 11.3 Å². The topological polar surface area (TPSA) is 93.9 Å². The second-order valence-electron chi connectivity index (χ2n) is 6.57. The first-order valence-corrected chi connectivity index (χ1v) is 8.80. The fourth-order valence-electron chi connectivity index (χ4n) is 3.32. The van der Waals surface area contributed by atoms with Gasteiger partial charge in [0.25, 0.3) is 0 Å². The minimum atomic E-state index is -2.66. The number of nitriles is 1. The summed E-state index contributed by atoms with van der Waals surface area (Å²) in [6.07, 6.45) is 0.0544. The van der Waals surface area contributed by atoms with E-state index in [1.807, 2.05) is 6.07 Å². The molecule has 0 radical (unpaired) electrons. The molecule has 1 aromatic heterocycles. The zero-order valence-corrected chi connectivity index (χ0v) is 14.9. The molecule has 3 rings (SSSR count). The van der Waals surface area contributed by atoms with Gasteiger partial charge >= 0.3 is 5.97 Å². The Bertz CT molecular complexity index is 874. The third kappa shape index (κ3) is 3.77. The van der Waals surface area contributed by atoms with Crippen molar-refractivity contribution in [3.8, 4) is 11.8 Å². The molecule has 6 nitrogen and oxygen atoms in total. The summed E-state index contributed by atoms with van der Waals surface area (Å²) in [5.74, 6) is -3.53. The summed E-state index contributed by atoms with van der Waals surface area (Å²) in [4.78, 5) is 12.4. The van der Waals surface area contributed by atoms with Crippen molar-refractivity contribution in [2.45, 2.75) is 44.4 Å². The number of hydrogen-bond donors (Lipinski definition) is 1. The number of nitrogens with zero attached hydrogens (tertiary/aromatic N) is 3. The van der Waals surface area contributed by atoms with Crippen molar-refractivity contribution in [3.63, 3.8) is 0 Å². The maximum atomic E-state index is 13.5. The van der Waals surface area contributed by atoms with E-state index in [4.69, 9.17) is 15.7 Å². The van der Waals surface area contributed by atoms with Gasteiger partial charge in [0.05, 0.1) is 35.3 Å². The van der Waals surface area contributed by atoms with Crippen molar-refractivity contribution < 1.29 is 18.3 Å². The minimum Gasteiger partial charge on any atom is -0.461 e. The Morgan fingerprint density at radius 2 is 2.00 bits per heavy atom. The Morgan fingerprint density at radius 1 is 1.37 bits per heavy atom. The molecule has 27 heavy (non-hydrogen) atoms. The zero-order chi connectivity index (χ0) is 19.6. The predicted molar refractivity (Wildman–Crippen MR) is 94.8 cm³/mol. The molecule has 2 aromatic rings. The maximum Gasteiger partial charge on any atom is 0.359 e. The summed E-state index contributed by atoms with van der Waals surface area (Å²) in [6.45, 7) is 1.85. The summed E-state index contributed by atoms with van der Waals surface area (Å²) in [5, 5.41) is 13.4. The van der Waals surface area contributed by atoms with E-state index < -0.39 is 11.9 Å². The Labute approximate surface area is 155 Å². The van der Waals surface area contributed by atoms with E-state index in [1.54, 1.807) is 31.2 Å². The van der Waals surface area contributed by atoms with E-state index in [0.29, 0.717) is 16.9 Å². The number of alkyl halides is 2. The first-order valence-electron chi connectivity index (χ1n) is 8.80. The highest BCUT2D eigenvalue weighted by atomic mass is 19.3. The molecule has 0 unspecified atom stereocenters. The van der Waals surface area contributed by atoms with Crippen LogP contribution in [0.2, 0.25) is 0 Å². The van der Waals surface area contributed by atoms with Crippen molar-refractivity contribution in [1.82, 2.24) is 9.78 Å². The Kier molecular flexibility index (Phi) is 5.13. The lowest BCUT2D eigenvalue weighted by Gasteiger charge is -2.27. The normalized spacial score (nSPS) is 16.7. The minimum absolute atomic E-state index is 0.0777. The van der Waals surface area contributed by atoms with Gasteiger partial charge in [-0.2, -0.15) is 10.4 Å². The van der Waals surface area contributed by atoms with Gasteiger partial charge in [0.1, 0.15) is 0 Å². The van der Waals surface area contributed by atoms with Crippen LogP contribution in [0.4, 0.5) is 14.5 Å². The van der Waals surface area contributed by atoms with Crippen molar-refractivity contribution in [2.24, 2.45) is 0 Å². The molecule has 1 saturated carbocycles. The van der Waals surface area contributed by atoms with Crippen LogP contribution in [0.25, 0.3) is 5.69 Å². The lowest BCUT2D eigenvalue weighted by Crippen LogP contribution is -2.24. The molecule has 0 bridgehead atoms. The number of carbonyl (C=O) groups is 1. The summed E-state index contributed by atoms with van der Waals surface area (Å²) < 4.78 is 33.4. The average Bonchev–Trinajstić information content (AvgIpc) is 2.99. The number of anilines is 1. The van der Waals surface area contributed by atoms with Gasteiger partial charge in [0.2, 0.25) is 5.92 Å². The van der Waals surface area contributed by atoms with E-state index >= 15 is 0 Å². The molecule has 8 heteroatoms. The number of nitrogens with two attached hydrogens (primary N) is 1. The molecule has 0 saturated heterocycles. The standard InChI is InChI=1S/C19H20F2N4O2/c1-2-27-18(26)17-15(23)16(13-7-9-19(20,21)10-8-13)24-25(17)14-5-3-12(11-22)4-6-14/h3-6,13H,2,7-10,23H2,1H3. The Hall–Kier alpha value is -2.95. The van der Waals surface area contributed by atoms with Crippen LogP contribution in [-0.2, 0) is 4.74 Å². The number of esters is 1. The first-order chi connectivity index (χ1) is 12.9. The summed E-state index contributed by atoms with van der Waals surface area (Å²) in [5.41, 5.74) is 7.89. The third-order valence-corrected chi connectivity index (χ3v) is 4.76. The number of aromatic nitrogens is 2. The Balaban J connectivity index is 2.03. The summed E-state index contributed by atoms with van der Waals surface area (Å²) >= 11 is 0. The molecular formula is C19H20F2N4O2. The number of carbonyl (C=O) groups excluding carboxylic acids is 1. The molecule has 2 N–H and O–H groups in total. The maximum absolute atomic E-state index is 13.5. The van der Waals surface area contributed by atoms with Crippen LogP contribution in [0.15, 0.2) is 24.3 Å². The van der Waals surface area contributed by atoms with E-state index in [1.165, 1.54) is 4.68 Å². The molecule has 0 amide bonds. The van der Waals surface area contributed by atoms with Crippen LogP contribution >= 0.6 is 0 Å². The first kappa shape index (κ1) is 18.8. The molecule has 0 aliphatic heterocycles. The summed E-state index contributed by atoms with van der Waals surface area (Å²) in [6, 6.07) is 8.51. The molecule has 1 heterocycles. The summed E-state index contributed by atoms with van der Waals surface area (Å²) in [7, 11) is 0. The SMILES string of the molecule is CCOC(=O)c1c(N)c(C2CCC(F)(F)CC2)nn1-c1ccc(C#N)cc1. The molecule has 1 aliphatic rings. The lowest BCUT2D eigenvalue weighted by atomic mass is 9.84. The molecule has 0 spiro atoms. The third-order valence-electron chi connectivity index (χ3n) is 4.76.